The molecule has 6 nitrogen and oxygen atoms in total. The Balaban J connectivity index is 1.14. The molecule has 0 aliphatic heterocycles. The first-order valence-corrected chi connectivity index (χ1v) is 15.2. The maximum absolute atomic E-state index is 6.30. The molecule has 0 N–H and O–H groups in total. The van der Waals surface area contributed by atoms with Crippen LogP contribution in [0.4, 0.5) is 0 Å². The molecule has 0 unspecified atom stereocenters. The normalized spacial score (nSPS) is 11.5. The van der Waals surface area contributed by atoms with Gasteiger partial charge in [-0.1, -0.05) is 103 Å². The first-order valence-electron chi connectivity index (χ1n) is 15.2. The number of hydrogen-bond donors (Lipinski definition) is 0. The van der Waals surface area contributed by atoms with Crippen molar-refractivity contribution in [1.29, 1.82) is 0 Å². The minimum absolute atomic E-state index is 0.556. The number of fused-ring (bicyclic) bond motifs is 4. The van der Waals surface area contributed by atoms with Crippen LogP contribution in [0.15, 0.2) is 156 Å². The van der Waals surface area contributed by atoms with Crippen molar-refractivity contribution in [1.82, 2.24) is 24.5 Å². The number of hydrogen-bond acceptors (Lipinski definition) is 5. The predicted octanol–water partition coefficient (Wildman–Crippen LogP) is 9.78. The fourth-order valence-corrected chi connectivity index (χ4v) is 6.11. The molecular weight excluding hydrogens is 566 g/mol. The molecule has 216 valence electrons. The standard InChI is InChI=1S/C40H25N5O/c1-3-12-26(13-4-1)37-42-38(27-14-5-2-6-15-27)44-39(43-37)28-22-23-36-33(25-28)41-40(46-36)29-16-11-17-30(24-29)45-34-20-9-7-18-31(34)32-19-8-10-21-35(32)45/h1-25H. The molecule has 0 spiro atoms. The average Bonchev–Trinajstić information content (AvgIpc) is 3.71. The molecule has 9 aromatic rings. The number of nitrogens with zero attached hydrogens (tertiary/aromatic N) is 5. The summed E-state index contributed by atoms with van der Waals surface area (Å²) >= 11 is 0. The Hall–Kier alpha value is -6.40. The molecule has 0 saturated carbocycles. The van der Waals surface area contributed by atoms with Crippen molar-refractivity contribution in [2.45, 2.75) is 0 Å². The molecule has 0 aliphatic carbocycles. The second-order valence-electron chi connectivity index (χ2n) is 11.2. The molecular formula is C40H25N5O. The van der Waals surface area contributed by atoms with Crippen molar-refractivity contribution >= 4 is 32.9 Å². The fourth-order valence-electron chi connectivity index (χ4n) is 6.11. The van der Waals surface area contributed by atoms with Crippen LogP contribution in [-0.4, -0.2) is 24.5 Å². The van der Waals surface area contributed by atoms with Crippen molar-refractivity contribution in [3.05, 3.63) is 152 Å². The van der Waals surface area contributed by atoms with Crippen molar-refractivity contribution < 1.29 is 4.42 Å². The number of aromatic nitrogens is 5. The van der Waals surface area contributed by atoms with Crippen LogP contribution >= 0.6 is 0 Å². The highest BCUT2D eigenvalue weighted by molar-refractivity contribution is 6.09. The molecule has 3 aromatic heterocycles. The van der Waals surface area contributed by atoms with Gasteiger partial charge >= 0.3 is 0 Å². The lowest BCUT2D eigenvalue weighted by Gasteiger charge is -2.08. The van der Waals surface area contributed by atoms with Crippen LogP contribution in [0.1, 0.15) is 0 Å². The summed E-state index contributed by atoms with van der Waals surface area (Å²) in [5.41, 5.74) is 8.38. The monoisotopic (exact) mass is 591 g/mol. The molecule has 6 aromatic carbocycles. The Kier molecular flexibility index (Phi) is 6.03. The molecule has 0 aliphatic rings. The molecule has 9 rings (SSSR count). The molecule has 0 saturated heterocycles. The van der Waals surface area contributed by atoms with Gasteiger partial charge in [-0.3, -0.25) is 0 Å². The van der Waals surface area contributed by atoms with Gasteiger partial charge in [0.15, 0.2) is 23.1 Å². The van der Waals surface area contributed by atoms with Crippen LogP contribution in [0.2, 0.25) is 0 Å². The van der Waals surface area contributed by atoms with Crippen molar-refractivity contribution in [3.63, 3.8) is 0 Å². The van der Waals surface area contributed by atoms with Crippen molar-refractivity contribution in [2.24, 2.45) is 0 Å². The SMILES string of the molecule is c1ccc(-c2nc(-c3ccccc3)nc(-c3ccc4oc(-c5cccc(-n6c7ccccc7c7ccccc76)c5)nc4c3)n2)cc1. The van der Waals surface area contributed by atoms with Gasteiger partial charge in [-0.25, -0.2) is 19.9 Å². The van der Waals surface area contributed by atoms with Gasteiger partial charge in [0.1, 0.15) is 5.52 Å². The first-order chi connectivity index (χ1) is 22.8. The zero-order chi connectivity index (χ0) is 30.5. The van der Waals surface area contributed by atoms with Gasteiger partial charge in [0.05, 0.1) is 11.0 Å². The Morgan fingerprint density at radius 1 is 0.413 bits per heavy atom. The zero-order valence-corrected chi connectivity index (χ0v) is 24.6. The van der Waals surface area contributed by atoms with E-state index in [0.29, 0.717) is 28.9 Å². The summed E-state index contributed by atoms with van der Waals surface area (Å²) in [5, 5.41) is 2.45. The second kappa shape index (κ2) is 10.6. The van der Waals surface area contributed by atoms with Gasteiger partial charge in [0, 0.05) is 38.7 Å². The van der Waals surface area contributed by atoms with Gasteiger partial charge in [-0.05, 0) is 48.5 Å². The van der Waals surface area contributed by atoms with E-state index in [-0.39, 0.29) is 0 Å². The summed E-state index contributed by atoms with van der Waals surface area (Å²) in [6, 6.07) is 51.2. The zero-order valence-electron chi connectivity index (χ0n) is 24.6. The summed E-state index contributed by atoms with van der Waals surface area (Å²) in [6.45, 7) is 0. The Labute approximate surface area is 264 Å². The Morgan fingerprint density at radius 3 is 1.59 bits per heavy atom. The van der Waals surface area contributed by atoms with Crippen LogP contribution in [0.25, 0.3) is 84.2 Å². The molecule has 0 fully saturated rings. The third-order valence-corrected chi connectivity index (χ3v) is 8.28. The van der Waals surface area contributed by atoms with Gasteiger partial charge in [-0.15, -0.1) is 0 Å². The van der Waals surface area contributed by atoms with Crippen LogP contribution < -0.4 is 0 Å². The molecule has 6 heteroatoms. The minimum Gasteiger partial charge on any atom is -0.436 e. The van der Waals surface area contributed by atoms with Gasteiger partial charge < -0.3 is 8.98 Å². The van der Waals surface area contributed by atoms with E-state index in [9.17, 15) is 0 Å². The number of para-hydroxylation sites is 2. The molecule has 0 radical (unpaired) electrons. The highest BCUT2D eigenvalue weighted by atomic mass is 16.3. The van der Waals surface area contributed by atoms with Crippen LogP contribution in [-0.2, 0) is 0 Å². The smallest absolute Gasteiger partial charge is 0.227 e. The third-order valence-electron chi connectivity index (χ3n) is 8.28. The van der Waals surface area contributed by atoms with Crippen LogP contribution in [0.3, 0.4) is 0 Å². The summed E-state index contributed by atoms with van der Waals surface area (Å²) in [7, 11) is 0. The number of rotatable bonds is 5. The van der Waals surface area contributed by atoms with E-state index in [0.717, 1.165) is 44.5 Å². The van der Waals surface area contributed by atoms with E-state index in [2.05, 4.69) is 71.3 Å². The van der Waals surface area contributed by atoms with Crippen molar-refractivity contribution in [2.75, 3.05) is 0 Å². The highest BCUT2D eigenvalue weighted by Crippen LogP contribution is 2.34. The molecule has 46 heavy (non-hydrogen) atoms. The quantitative estimate of drug-likeness (QED) is 0.199. The summed E-state index contributed by atoms with van der Waals surface area (Å²) in [6.07, 6.45) is 0. The lowest BCUT2D eigenvalue weighted by atomic mass is 10.1. The van der Waals surface area contributed by atoms with Crippen molar-refractivity contribution in [3.8, 4) is 51.3 Å². The molecule has 0 amide bonds. The highest BCUT2D eigenvalue weighted by Gasteiger charge is 2.16. The maximum Gasteiger partial charge on any atom is 0.227 e. The first kappa shape index (κ1) is 26.0. The van der Waals surface area contributed by atoms with E-state index in [1.165, 1.54) is 10.8 Å². The summed E-state index contributed by atoms with van der Waals surface area (Å²) < 4.78 is 8.60. The van der Waals surface area contributed by atoms with E-state index in [1.807, 2.05) is 84.9 Å². The van der Waals surface area contributed by atoms with Gasteiger partial charge in [0.25, 0.3) is 0 Å². The lowest BCUT2D eigenvalue weighted by Crippen LogP contribution is -2.00. The average molecular weight is 592 g/mol. The fraction of sp³-hybridized carbons (Fsp3) is 0. The maximum atomic E-state index is 6.30. The minimum atomic E-state index is 0.556. The third kappa shape index (κ3) is 4.43. The number of oxazole rings is 1. The Bertz CT molecular complexity index is 2420. The predicted molar refractivity (Wildman–Crippen MR) is 183 cm³/mol. The summed E-state index contributed by atoms with van der Waals surface area (Å²) in [5.74, 6) is 2.37. The van der Waals surface area contributed by atoms with E-state index < -0.39 is 0 Å². The lowest BCUT2D eigenvalue weighted by molar-refractivity contribution is 0.620. The Morgan fingerprint density at radius 2 is 0.957 bits per heavy atom. The summed E-state index contributed by atoms with van der Waals surface area (Å²) in [4.78, 5) is 19.5. The van der Waals surface area contributed by atoms with Gasteiger partial charge in [-0.2, -0.15) is 0 Å². The molecule has 0 bridgehead atoms. The molecule has 0 atom stereocenters. The van der Waals surface area contributed by atoms with Crippen LogP contribution in [0.5, 0.6) is 0 Å². The van der Waals surface area contributed by atoms with Gasteiger partial charge in [0.2, 0.25) is 5.89 Å². The van der Waals surface area contributed by atoms with Crippen LogP contribution in [0, 0.1) is 0 Å². The second-order valence-corrected chi connectivity index (χ2v) is 11.2. The van der Waals surface area contributed by atoms with E-state index in [4.69, 9.17) is 24.4 Å². The van der Waals surface area contributed by atoms with E-state index in [1.54, 1.807) is 0 Å². The topological polar surface area (TPSA) is 69.6 Å². The van der Waals surface area contributed by atoms with E-state index >= 15 is 0 Å². The largest absolute Gasteiger partial charge is 0.436 e. The molecule has 3 heterocycles. The number of benzene rings is 6.